The standard InChI is InChI=1S/C23H24ClN5O2/c1-14-8-15(2)23(26-10-14)17-9-21(25-11-18(17)24)29-7-6-19-16(12-29)4-5-20(27-19)28-22(30)13-31-3/h4-5,8-11H,6-7,12-13H2,1-3H3,(H,27,28,30). The number of halogens is 1. The van der Waals surface area contributed by atoms with Crippen LogP contribution in [-0.4, -0.2) is 41.1 Å². The summed E-state index contributed by atoms with van der Waals surface area (Å²) in [6.45, 7) is 5.52. The number of amides is 1. The molecule has 0 atom stereocenters. The Labute approximate surface area is 186 Å². The van der Waals surface area contributed by atoms with Crippen molar-refractivity contribution < 1.29 is 9.53 Å². The van der Waals surface area contributed by atoms with E-state index in [1.807, 2.05) is 38.2 Å². The molecular weight excluding hydrogens is 414 g/mol. The number of aromatic nitrogens is 3. The molecule has 0 aromatic carbocycles. The Bertz CT molecular complexity index is 1130. The lowest BCUT2D eigenvalue weighted by Crippen LogP contribution is -2.32. The number of methoxy groups -OCH3 is 1. The predicted molar refractivity (Wildman–Crippen MR) is 121 cm³/mol. The first-order valence-electron chi connectivity index (χ1n) is 10.1. The van der Waals surface area contributed by atoms with Crippen molar-refractivity contribution in [2.75, 3.05) is 30.5 Å². The molecule has 0 radical (unpaired) electrons. The third kappa shape index (κ3) is 4.68. The average Bonchev–Trinajstić information content (AvgIpc) is 2.74. The molecule has 1 aliphatic heterocycles. The molecule has 3 aromatic rings. The first kappa shape index (κ1) is 21.2. The van der Waals surface area contributed by atoms with Gasteiger partial charge in [0.25, 0.3) is 5.91 Å². The van der Waals surface area contributed by atoms with Gasteiger partial charge in [-0.2, -0.15) is 0 Å². The van der Waals surface area contributed by atoms with Crippen LogP contribution in [0.4, 0.5) is 11.6 Å². The average molecular weight is 438 g/mol. The number of nitrogens with one attached hydrogen (secondary N) is 1. The summed E-state index contributed by atoms with van der Waals surface area (Å²) in [6.07, 6.45) is 4.30. The summed E-state index contributed by atoms with van der Waals surface area (Å²) in [7, 11) is 1.49. The second-order valence-electron chi connectivity index (χ2n) is 7.66. The van der Waals surface area contributed by atoms with Crippen molar-refractivity contribution in [1.82, 2.24) is 15.0 Å². The van der Waals surface area contributed by atoms with Crippen molar-refractivity contribution >= 4 is 29.1 Å². The number of ether oxygens (including phenoxy) is 1. The van der Waals surface area contributed by atoms with E-state index >= 15 is 0 Å². The van der Waals surface area contributed by atoms with Gasteiger partial charge in [0.1, 0.15) is 18.2 Å². The number of fused-ring (bicyclic) bond motifs is 1. The number of anilines is 2. The minimum Gasteiger partial charge on any atom is -0.375 e. The highest BCUT2D eigenvalue weighted by molar-refractivity contribution is 6.33. The normalized spacial score (nSPS) is 13.1. The van der Waals surface area contributed by atoms with E-state index < -0.39 is 0 Å². The highest BCUT2D eigenvalue weighted by atomic mass is 35.5. The van der Waals surface area contributed by atoms with Crippen LogP contribution in [0.2, 0.25) is 5.02 Å². The van der Waals surface area contributed by atoms with Crippen LogP contribution in [0.15, 0.2) is 36.7 Å². The van der Waals surface area contributed by atoms with Crippen molar-refractivity contribution in [1.29, 1.82) is 0 Å². The van der Waals surface area contributed by atoms with Crippen molar-refractivity contribution in [3.63, 3.8) is 0 Å². The molecule has 0 unspecified atom stereocenters. The zero-order valence-corrected chi connectivity index (χ0v) is 18.5. The molecule has 4 rings (SSSR count). The zero-order valence-electron chi connectivity index (χ0n) is 17.8. The molecule has 0 saturated heterocycles. The highest BCUT2D eigenvalue weighted by Crippen LogP contribution is 2.32. The Kier molecular flexibility index (Phi) is 6.15. The summed E-state index contributed by atoms with van der Waals surface area (Å²) in [6, 6.07) is 7.92. The van der Waals surface area contributed by atoms with Gasteiger partial charge in [-0.3, -0.25) is 9.78 Å². The number of hydrogen-bond acceptors (Lipinski definition) is 6. The Morgan fingerprint density at radius 3 is 2.84 bits per heavy atom. The van der Waals surface area contributed by atoms with Gasteiger partial charge in [0, 0.05) is 50.3 Å². The summed E-state index contributed by atoms with van der Waals surface area (Å²) >= 11 is 6.47. The maximum absolute atomic E-state index is 11.7. The van der Waals surface area contributed by atoms with Gasteiger partial charge < -0.3 is 15.0 Å². The molecule has 1 N–H and O–H groups in total. The number of carbonyl (C=O) groups is 1. The van der Waals surface area contributed by atoms with Crippen LogP contribution in [0.25, 0.3) is 11.3 Å². The van der Waals surface area contributed by atoms with E-state index in [0.717, 1.165) is 52.4 Å². The van der Waals surface area contributed by atoms with E-state index in [1.165, 1.54) is 7.11 Å². The molecule has 0 aliphatic carbocycles. The van der Waals surface area contributed by atoms with E-state index in [2.05, 4.69) is 31.2 Å². The lowest BCUT2D eigenvalue weighted by atomic mass is 10.0. The molecule has 31 heavy (non-hydrogen) atoms. The molecule has 1 amide bonds. The van der Waals surface area contributed by atoms with Gasteiger partial charge in [-0.25, -0.2) is 9.97 Å². The van der Waals surface area contributed by atoms with Crippen molar-refractivity contribution in [2.24, 2.45) is 0 Å². The number of nitrogens with zero attached hydrogens (tertiary/aromatic N) is 4. The molecule has 3 aromatic heterocycles. The maximum atomic E-state index is 11.7. The lowest BCUT2D eigenvalue weighted by molar-refractivity contribution is -0.119. The SMILES string of the molecule is COCC(=O)Nc1ccc2c(n1)CCN(c1cc(-c3ncc(C)cc3C)c(Cl)cn1)C2. The van der Waals surface area contributed by atoms with Crippen LogP contribution in [0.3, 0.4) is 0 Å². The van der Waals surface area contributed by atoms with Crippen molar-refractivity contribution in [3.8, 4) is 11.3 Å². The number of aryl methyl sites for hydroxylation is 2. The fraction of sp³-hybridized carbons (Fsp3) is 0.304. The molecule has 8 heteroatoms. The van der Waals surface area contributed by atoms with Gasteiger partial charge in [-0.05, 0) is 42.7 Å². The van der Waals surface area contributed by atoms with Crippen LogP contribution < -0.4 is 10.2 Å². The summed E-state index contributed by atoms with van der Waals surface area (Å²) in [4.78, 5) is 27.7. The summed E-state index contributed by atoms with van der Waals surface area (Å²) in [5.74, 6) is 1.18. The first-order chi connectivity index (χ1) is 14.9. The second-order valence-corrected chi connectivity index (χ2v) is 8.06. The molecule has 0 fully saturated rings. The minimum absolute atomic E-state index is 0.00638. The highest BCUT2D eigenvalue weighted by Gasteiger charge is 2.21. The Balaban J connectivity index is 1.56. The van der Waals surface area contributed by atoms with Crippen LogP contribution in [-0.2, 0) is 22.5 Å². The van der Waals surface area contributed by atoms with Crippen LogP contribution >= 0.6 is 11.6 Å². The second kappa shape index (κ2) is 8.99. The molecular formula is C23H24ClN5O2. The Morgan fingerprint density at radius 1 is 1.23 bits per heavy atom. The van der Waals surface area contributed by atoms with E-state index in [0.29, 0.717) is 17.4 Å². The van der Waals surface area contributed by atoms with E-state index in [-0.39, 0.29) is 12.5 Å². The van der Waals surface area contributed by atoms with Crippen LogP contribution in [0, 0.1) is 13.8 Å². The fourth-order valence-corrected chi connectivity index (χ4v) is 3.96. The number of carbonyl (C=O) groups excluding carboxylic acids is 1. The van der Waals surface area contributed by atoms with Crippen LogP contribution in [0.5, 0.6) is 0 Å². The van der Waals surface area contributed by atoms with Crippen molar-refractivity contribution in [2.45, 2.75) is 26.8 Å². The minimum atomic E-state index is -0.217. The Hall–Kier alpha value is -3.03. The third-order valence-corrected chi connectivity index (χ3v) is 5.53. The summed E-state index contributed by atoms with van der Waals surface area (Å²) in [5.41, 5.74) is 6.04. The summed E-state index contributed by atoms with van der Waals surface area (Å²) in [5, 5.41) is 3.34. The lowest BCUT2D eigenvalue weighted by Gasteiger charge is -2.30. The van der Waals surface area contributed by atoms with E-state index in [1.54, 1.807) is 6.20 Å². The number of hydrogen-bond donors (Lipinski definition) is 1. The van der Waals surface area contributed by atoms with Gasteiger partial charge in [0.05, 0.1) is 10.7 Å². The van der Waals surface area contributed by atoms with Gasteiger partial charge in [0.2, 0.25) is 0 Å². The fourth-order valence-electron chi connectivity index (χ4n) is 3.77. The third-order valence-electron chi connectivity index (χ3n) is 5.23. The number of rotatable bonds is 5. The first-order valence-corrected chi connectivity index (χ1v) is 10.4. The Morgan fingerprint density at radius 2 is 2.06 bits per heavy atom. The molecule has 1 aliphatic rings. The molecule has 0 bridgehead atoms. The number of pyridine rings is 3. The topological polar surface area (TPSA) is 80.2 Å². The zero-order chi connectivity index (χ0) is 22.0. The largest absolute Gasteiger partial charge is 0.375 e. The van der Waals surface area contributed by atoms with E-state index in [9.17, 15) is 4.79 Å². The monoisotopic (exact) mass is 437 g/mol. The van der Waals surface area contributed by atoms with Gasteiger partial charge in [-0.15, -0.1) is 0 Å². The van der Waals surface area contributed by atoms with Gasteiger partial charge in [0.15, 0.2) is 0 Å². The summed E-state index contributed by atoms with van der Waals surface area (Å²) < 4.78 is 4.85. The molecule has 0 spiro atoms. The molecule has 160 valence electrons. The smallest absolute Gasteiger partial charge is 0.251 e. The van der Waals surface area contributed by atoms with E-state index in [4.69, 9.17) is 16.3 Å². The molecule has 4 heterocycles. The molecule has 0 saturated carbocycles. The predicted octanol–water partition coefficient (Wildman–Crippen LogP) is 3.96. The molecule has 7 nitrogen and oxygen atoms in total. The van der Waals surface area contributed by atoms with Gasteiger partial charge in [-0.1, -0.05) is 23.7 Å². The van der Waals surface area contributed by atoms with Crippen LogP contribution in [0.1, 0.15) is 22.4 Å². The maximum Gasteiger partial charge on any atom is 0.251 e. The quantitative estimate of drug-likeness (QED) is 0.650. The van der Waals surface area contributed by atoms with Gasteiger partial charge >= 0.3 is 0 Å². The van der Waals surface area contributed by atoms with Crippen molar-refractivity contribution in [3.05, 3.63) is 64.1 Å².